The Bertz CT molecular complexity index is 894. The molecular weight excluding hydrogens is 382 g/mol. The van der Waals surface area contributed by atoms with Crippen LogP contribution in [0.5, 0.6) is 0 Å². The average Bonchev–Trinajstić information content (AvgIpc) is 2.62. The lowest BCUT2D eigenvalue weighted by Gasteiger charge is -2.11. The lowest BCUT2D eigenvalue weighted by Crippen LogP contribution is -2.25. The lowest BCUT2D eigenvalue weighted by molar-refractivity contribution is -0.149. The maximum Gasteiger partial charge on any atom is 0.346 e. The smallest absolute Gasteiger partial charge is 0.346 e. The van der Waals surface area contributed by atoms with Crippen LogP contribution in [0.2, 0.25) is 5.02 Å². The highest BCUT2D eigenvalue weighted by atomic mass is 35.5. The summed E-state index contributed by atoms with van der Waals surface area (Å²) >= 11 is 5.76. The number of sulfonamides is 1. The summed E-state index contributed by atoms with van der Waals surface area (Å²) in [5.74, 6) is -1.46. The minimum Gasteiger partial charge on any atom is -0.466 e. The zero-order valence-electron chi connectivity index (χ0n) is 13.9. The van der Waals surface area contributed by atoms with Gasteiger partial charge in [0.2, 0.25) is 0 Å². The molecule has 0 fully saturated rings. The number of anilines is 1. The van der Waals surface area contributed by atoms with Crippen molar-refractivity contribution in [2.45, 2.75) is 17.9 Å². The van der Waals surface area contributed by atoms with E-state index in [1.165, 1.54) is 50.4 Å². The Morgan fingerprint density at radius 2 is 1.62 bits per heavy atom. The molecule has 2 rings (SSSR count). The summed E-state index contributed by atoms with van der Waals surface area (Å²) in [6.07, 6.45) is -1.07. The van der Waals surface area contributed by atoms with E-state index in [2.05, 4.69) is 9.46 Å². The first-order chi connectivity index (χ1) is 12.2. The van der Waals surface area contributed by atoms with Crippen molar-refractivity contribution in [3.8, 4) is 0 Å². The van der Waals surface area contributed by atoms with E-state index in [1.807, 2.05) is 0 Å². The summed E-state index contributed by atoms with van der Waals surface area (Å²) < 4.78 is 36.5. The molecule has 0 aromatic heterocycles. The first kappa shape index (κ1) is 19.7. The molecule has 0 radical (unpaired) electrons. The highest BCUT2D eigenvalue weighted by molar-refractivity contribution is 7.92. The normalized spacial score (nSPS) is 12.1. The molecule has 0 amide bonds. The van der Waals surface area contributed by atoms with Gasteiger partial charge < -0.3 is 9.47 Å². The van der Waals surface area contributed by atoms with E-state index in [1.54, 1.807) is 12.1 Å². The molecule has 26 heavy (non-hydrogen) atoms. The van der Waals surface area contributed by atoms with Crippen molar-refractivity contribution < 1.29 is 27.5 Å². The minimum absolute atomic E-state index is 0.0370. The van der Waals surface area contributed by atoms with Gasteiger partial charge in [-0.3, -0.25) is 4.72 Å². The molecule has 2 aromatic rings. The molecule has 1 N–H and O–H groups in total. The van der Waals surface area contributed by atoms with E-state index in [0.29, 0.717) is 10.7 Å². The molecule has 1 atom stereocenters. The molecule has 0 aliphatic carbocycles. The molecule has 0 spiro atoms. The van der Waals surface area contributed by atoms with Gasteiger partial charge >= 0.3 is 11.9 Å². The van der Waals surface area contributed by atoms with Crippen molar-refractivity contribution >= 4 is 39.3 Å². The third-order valence-corrected chi connectivity index (χ3v) is 4.96. The van der Waals surface area contributed by atoms with E-state index in [9.17, 15) is 18.0 Å². The Hall–Kier alpha value is -2.58. The number of carbonyl (C=O) groups is 2. The van der Waals surface area contributed by atoms with Crippen LogP contribution >= 0.6 is 11.6 Å². The zero-order chi connectivity index (χ0) is 19.3. The second-order valence-corrected chi connectivity index (χ2v) is 7.33. The number of halogens is 1. The molecule has 0 aliphatic heterocycles. The van der Waals surface area contributed by atoms with Gasteiger partial charge in [-0.1, -0.05) is 11.6 Å². The largest absolute Gasteiger partial charge is 0.466 e. The second kappa shape index (κ2) is 8.20. The molecule has 0 unspecified atom stereocenters. The van der Waals surface area contributed by atoms with Gasteiger partial charge in [0.1, 0.15) is 0 Å². The van der Waals surface area contributed by atoms with Gasteiger partial charge in [-0.2, -0.15) is 0 Å². The van der Waals surface area contributed by atoms with Crippen LogP contribution in [0, 0.1) is 0 Å². The maximum atomic E-state index is 12.4. The van der Waals surface area contributed by atoms with Crippen LogP contribution in [-0.4, -0.2) is 33.6 Å². The Kier molecular flexibility index (Phi) is 6.23. The number of nitrogens with one attached hydrogen (secondary N) is 1. The molecule has 9 heteroatoms. The Morgan fingerprint density at radius 1 is 1.04 bits per heavy atom. The fraction of sp³-hybridized carbons (Fsp3) is 0.176. The first-order valence-electron chi connectivity index (χ1n) is 7.40. The van der Waals surface area contributed by atoms with Crippen molar-refractivity contribution in [3.63, 3.8) is 0 Å². The quantitative estimate of drug-likeness (QED) is 0.752. The predicted molar refractivity (Wildman–Crippen MR) is 95.6 cm³/mol. The molecule has 0 aliphatic rings. The molecular formula is C17H16ClNO6S. The molecule has 0 heterocycles. The minimum atomic E-state index is -3.83. The van der Waals surface area contributed by atoms with E-state index in [4.69, 9.17) is 16.3 Å². The monoisotopic (exact) mass is 397 g/mol. The summed E-state index contributed by atoms with van der Waals surface area (Å²) in [6, 6.07) is 11.3. The van der Waals surface area contributed by atoms with Crippen LogP contribution in [0.4, 0.5) is 5.69 Å². The van der Waals surface area contributed by atoms with Gasteiger partial charge in [0, 0.05) is 10.7 Å². The first-order valence-corrected chi connectivity index (χ1v) is 9.26. The number of benzene rings is 2. The number of ether oxygens (including phenoxy) is 2. The Morgan fingerprint density at radius 3 is 2.15 bits per heavy atom. The van der Waals surface area contributed by atoms with Crippen LogP contribution in [0.3, 0.4) is 0 Å². The predicted octanol–water partition coefficient (Wildman–Crippen LogP) is 2.86. The van der Waals surface area contributed by atoms with E-state index >= 15 is 0 Å². The van der Waals surface area contributed by atoms with Gasteiger partial charge in [0.15, 0.2) is 6.10 Å². The zero-order valence-corrected chi connectivity index (χ0v) is 15.5. The van der Waals surface area contributed by atoms with Crippen molar-refractivity contribution in [3.05, 3.63) is 59.1 Å². The molecule has 7 nitrogen and oxygen atoms in total. The Labute approximate surface area is 155 Å². The fourth-order valence-corrected chi connectivity index (χ4v) is 3.13. The van der Waals surface area contributed by atoms with Gasteiger partial charge in [-0.05, 0) is 55.5 Å². The van der Waals surface area contributed by atoms with Crippen molar-refractivity contribution in [1.82, 2.24) is 0 Å². The maximum absolute atomic E-state index is 12.4. The summed E-state index contributed by atoms with van der Waals surface area (Å²) in [6.45, 7) is 1.37. The van der Waals surface area contributed by atoms with Gasteiger partial charge in [-0.25, -0.2) is 18.0 Å². The number of hydrogen-bond donors (Lipinski definition) is 1. The van der Waals surface area contributed by atoms with E-state index in [0.717, 1.165) is 0 Å². The van der Waals surface area contributed by atoms with Crippen molar-refractivity contribution in [2.75, 3.05) is 11.8 Å². The summed E-state index contributed by atoms with van der Waals surface area (Å²) in [4.78, 5) is 23.2. The number of rotatable bonds is 6. The summed E-state index contributed by atoms with van der Waals surface area (Å²) in [5.41, 5.74) is 0.455. The highest BCUT2D eigenvalue weighted by Crippen LogP contribution is 2.19. The van der Waals surface area contributed by atoms with E-state index in [-0.39, 0.29) is 10.5 Å². The van der Waals surface area contributed by atoms with Gasteiger partial charge in [0.25, 0.3) is 10.0 Å². The lowest BCUT2D eigenvalue weighted by atomic mass is 10.2. The molecule has 0 saturated carbocycles. The molecule has 138 valence electrons. The number of carbonyl (C=O) groups excluding carboxylic acids is 2. The SMILES string of the molecule is COC(=O)[C@@H](C)OC(=O)c1ccc(S(=O)(=O)Nc2ccc(Cl)cc2)cc1. The summed E-state index contributed by atoms with van der Waals surface area (Å²) in [5, 5.41) is 0.483. The second-order valence-electron chi connectivity index (χ2n) is 5.21. The van der Waals surface area contributed by atoms with Gasteiger partial charge in [-0.15, -0.1) is 0 Å². The third kappa shape index (κ3) is 4.96. The van der Waals surface area contributed by atoms with Crippen molar-refractivity contribution in [1.29, 1.82) is 0 Å². The highest BCUT2D eigenvalue weighted by Gasteiger charge is 2.20. The average molecular weight is 398 g/mol. The standard InChI is InChI=1S/C17H16ClNO6S/c1-11(16(20)24-2)25-17(21)12-3-9-15(10-4-12)26(22,23)19-14-7-5-13(18)6-8-14/h3-11,19H,1-2H3/t11-/m1/s1. The topological polar surface area (TPSA) is 98.8 Å². The van der Waals surface area contributed by atoms with Crippen LogP contribution in [0.25, 0.3) is 0 Å². The number of methoxy groups -OCH3 is 1. The Balaban J connectivity index is 2.11. The third-order valence-electron chi connectivity index (χ3n) is 3.31. The van der Waals surface area contributed by atoms with Crippen LogP contribution in [-0.2, 0) is 24.3 Å². The van der Waals surface area contributed by atoms with Crippen LogP contribution in [0.15, 0.2) is 53.4 Å². The van der Waals surface area contributed by atoms with E-state index < -0.39 is 28.1 Å². The van der Waals surface area contributed by atoms with Crippen molar-refractivity contribution in [2.24, 2.45) is 0 Å². The number of esters is 2. The van der Waals surface area contributed by atoms with Crippen LogP contribution < -0.4 is 4.72 Å². The number of hydrogen-bond acceptors (Lipinski definition) is 6. The molecule has 0 saturated heterocycles. The fourth-order valence-electron chi connectivity index (χ4n) is 1.94. The van der Waals surface area contributed by atoms with Gasteiger partial charge in [0.05, 0.1) is 17.6 Å². The molecule has 0 bridgehead atoms. The van der Waals surface area contributed by atoms with Crippen LogP contribution in [0.1, 0.15) is 17.3 Å². The summed E-state index contributed by atoms with van der Waals surface area (Å²) in [7, 11) is -2.65. The molecule has 2 aromatic carbocycles.